The van der Waals surface area contributed by atoms with Crippen molar-refractivity contribution in [2.45, 2.75) is 18.9 Å². The molecule has 0 aromatic heterocycles. The van der Waals surface area contributed by atoms with E-state index in [9.17, 15) is 20.0 Å². The maximum Gasteiger partial charge on any atom is 0.293 e. The minimum Gasteiger partial charge on any atom is -0.384 e. The van der Waals surface area contributed by atoms with E-state index < -0.39 is 16.9 Å². The Morgan fingerprint density at radius 3 is 2.47 bits per heavy atom. The normalized spacial score (nSPS) is 14.2. The van der Waals surface area contributed by atoms with Gasteiger partial charge in [0.15, 0.2) is 0 Å². The van der Waals surface area contributed by atoms with E-state index in [1.54, 1.807) is 42.5 Å². The van der Waals surface area contributed by atoms with E-state index in [0.717, 1.165) is 25.9 Å². The molecule has 7 nitrogen and oxygen atoms in total. The van der Waals surface area contributed by atoms with Crippen LogP contribution in [0.4, 0.5) is 17.1 Å². The van der Waals surface area contributed by atoms with E-state index in [2.05, 4.69) is 5.32 Å². The average Bonchev–Trinajstić information content (AvgIpc) is 3.34. The van der Waals surface area contributed by atoms with Crippen molar-refractivity contribution in [3.05, 3.63) is 98.6 Å². The Bertz CT molecular complexity index is 1150. The van der Waals surface area contributed by atoms with Crippen molar-refractivity contribution in [2.24, 2.45) is 0 Å². The lowest BCUT2D eigenvalue weighted by Gasteiger charge is -2.19. The Labute approximate surface area is 190 Å². The van der Waals surface area contributed by atoms with E-state index in [0.29, 0.717) is 27.5 Å². The molecule has 1 heterocycles. The van der Waals surface area contributed by atoms with Crippen LogP contribution in [0.5, 0.6) is 0 Å². The van der Waals surface area contributed by atoms with E-state index in [1.807, 2.05) is 23.1 Å². The fourth-order valence-corrected chi connectivity index (χ4v) is 4.10. The molecule has 8 heteroatoms. The largest absolute Gasteiger partial charge is 0.384 e. The molecule has 1 amide bonds. The number of benzene rings is 3. The molecule has 0 saturated carbocycles. The van der Waals surface area contributed by atoms with Crippen LogP contribution in [-0.4, -0.2) is 29.0 Å². The van der Waals surface area contributed by atoms with Gasteiger partial charge in [0.25, 0.3) is 11.6 Å². The molecule has 4 rings (SSSR count). The quantitative estimate of drug-likeness (QED) is 0.397. The minimum absolute atomic E-state index is 0.0970. The topological polar surface area (TPSA) is 95.7 Å². The number of carbonyl (C=O) groups excluding carboxylic acids is 1. The molecule has 0 aliphatic carbocycles. The Morgan fingerprint density at radius 2 is 1.78 bits per heavy atom. The van der Waals surface area contributed by atoms with Crippen LogP contribution in [0.2, 0.25) is 5.02 Å². The maximum atomic E-state index is 13.0. The predicted molar refractivity (Wildman–Crippen MR) is 124 cm³/mol. The van der Waals surface area contributed by atoms with Crippen molar-refractivity contribution in [2.75, 3.05) is 23.3 Å². The Balaban J connectivity index is 1.63. The Kier molecular flexibility index (Phi) is 6.39. The lowest BCUT2D eigenvalue weighted by Crippen LogP contribution is -2.20. The van der Waals surface area contributed by atoms with Crippen LogP contribution in [0.3, 0.4) is 0 Å². The molecule has 0 unspecified atom stereocenters. The number of nitrogens with zero attached hydrogens (tertiary/aromatic N) is 2. The summed E-state index contributed by atoms with van der Waals surface area (Å²) in [4.78, 5) is 26.1. The zero-order valence-corrected chi connectivity index (χ0v) is 18.0. The number of hydrogen-bond acceptors (Lipinski definition) is 5. The van der Waals surface area contributed by atoms with Gasteiger partial charge in [-0.3, -0.25) is 14.9 Å². The number of amides is 1. The second kappa shape index (κ2) is 9.38. The van der Waals surface area contributed by atoms with Gasteiger partial charge in [0, 0.05) is 41.0 Å². The minimum atomic E-state index is -1.00. The molecule has 3 aromatic rings. The molecular formula is C24H22ClN3O4. The number of nitrogens with one attached hydrogen (secondary N) is 1. The summed E-state index contributed by atoms with van der Waals surface area (Å²) >= 11 is 6.13. The maximum absolute atomic E-state index is 13.0. The van der Waals surface area contributed by atoms with Gasteiger partial charge in [0.05, 0.1) is 4.92 Å². The molecule has 0 radical (unpaired) electrons. The first-order valence-electron chi connectivity index (χ1n) is 10.3. The lowest BCUT2D eigenvalue weighted by molar-refractivity contribution is -0.384. The number of aliphatic hydroxyl groups is 1. The van der Waals surface area contributed by atoms with Gasteiger partial charge in [-0.15, -0.1) is 0 Å². The van der Waals surface area contributed by atoms with Crippen LogP contribution < -0.4 is 10.2 Å². The monoisotopic (exact) mass is 451 g/mol. The van der Waals surface area contributed by atoms with Crippen LogP contribution in [0, 0.1) is 10.1 Å². The second-order valence-electron chi connectivity index (χ2n) is 7.65. The number of aliphatic hydroxyl groups excluding tert-OH is 1. The molecular weight excluding hydrogens is 430 g/mol. The first-order valence-corrected chi connectivity index (χ1v) is 10.7. The van der Waals surface area contributed by atoms with E-state index in [1.165, 1.54) is 6.07 Å². The third-order valence-electron chi connectivity index (χ3n) is 5.55. The summed E-state index contributed by atoms with van der Waals surface area (Å²) in [5.41, 5.74) is 2.05. The molecule has 1 fully saturated rings. The van der Waals surface area contributed by atoms with Crippen LogP contribution >= 0.6 is 11.6 Å². The van der Waals surface area contributed by atoms with Crippen LogP contribution in [0.15, 0.2) is 66.7 Å². The summed E-state index contributed by atoms with van der Waals surface area (Å²) in [6, 6.07) is 18.3. The lowest BCUT2D eigenvalue weighted by atomic mass is 9.99. The van der Waals surface area contributed by atoms with Crippen LogP contribution in [0.25, 0.3) is 0 Å². The predicted octanol–water partition coefficient (Wildman–Crippen LogP) is 5.18. The van der Waals surface area contributed by atoms with Gasteiger partial charge >= 0.3 is 0 Å². The fraction of sp³-hybridized carbons (Fsp3) is 0.208. The van der Waals surface area contributed by atoms with Crippen LogP contribution in [0.1, 0.15) is 40.4 Å². The summed E-state index contributed by atoms with van der Waals surface area (Å²) in [5, 5.41) is 25.7. The summed E-state index contributed by atoms with van der Waals surface area (Å²) in [5.74, 6) is -0.509. The smallest absolute Gasteiger partial charge is 0.293 e. The number of anilines is 2. The van der Waals surface area contributed by atoms with Crippen molar-refractivity contribution >= 4 is 34.6 Å². The second-order valence-corrected chi connectivity index (χ2v) is 8.09. The number of nitro groups is 1. The molecule has 2 N–H and O–H groups in total. The van der Waals surface area contributed by atoms with Gasteiger partial charge in [0.1, 0.15) is 11.8 Å². The van der Waals surface area contributed by atoms with Crippen molar-refractivity contribution in [1.82, 2.24) is 0 Å². The average molecular weight is 452 g/mol. The molecule has 164 valence electrons. The Morgan fingerprint density at radius 1 is 1.06 bits per heavy atom. The van der Waals surface area contributed by atoms with E-state index >= 15 is 0 Å². The molecule has 32 heavy (non-hydrogen) atoms. The zero-order chi connectivity index (χ0) is 22.7. The third-order valence-corrected chi connectivity index (χ3v) is 5.79. The summed E-state index contributed by atoms with van der Waals surface area (Å²) in [6.45, 7) is 1.52. The number of nitro benzene ring substituents is 1. The highest BCUT2D eigenvalue weighted by atomic mass is 35.5. The van der Waals surface area contributed by atoms with Gasteiger partial charge in [-0.05, 0) is 48.7 Å². The molecule has 1 aliphatic heterocycles. The molecule has 3 aromatic carbocycles. The van der Waals surface area contributed by atoms with Gasteiger partial charge in [-0.1, -0.05) is 41.9 Å². The van der Waals surface area contributed by atoms with Gasteiger partial charge < -0.3 is 15.3 Å². The summed E-state index contributed by atoms with van der Waals surface area (Å²) < 4.78 is 0. The Hall–Kier alpha value is -3.42. The molecule has 1 saturated heterocycles. The number of carbonyl (C=O) groups is 1. The molecule has 1 atom stereocenters. The van der Waals surface area contributed by atoms with E-state index in [4.69, 9.17) is 11.6 Å². The molecule has 0 spiro atoms. The SMILES string of the molecule is O=C(Nc1ccc(Cl)cc1[C@H](O)c1ccccc1)c1ccc(N2CCCC2)c([N+](=O)[O-])c1. The van der Waals surface area contributed by atoms with Gasteiger partial charge in [-0.25, -0.2) is 0 Å². The standard InChI is InChI=1S/C24H22ClN3O4/c25-18-9-10-20(19(15-18)23(29)16-6-2-1-3-7-16)26-24(30)17-8-11-21(22(14-17)28(31)32)27-12-4-5-13-27/h1-3,6-11,14-15,23,29H,4-5,12-13H2,(H,26,30)/t23-/m1/s1. The number of rotatable bonds is 6. The highest BCUT2D eigenvalue weighted by Gasteiger charge is 2.24. The van der Waals surface area contributed by atoms with Crippen molar-refractivity contribution in [3.63, 3.8) is 0 Å². The third kappa shape index (κ3) is 4.59. The highest BCUT2D eigenvalue weighted by molar-refractivity contribution is 6.30. The molecule has 0 bridgehead atoms. The summed E-state index contributed by atoms with van der Waals surface area (Å²) in [7, 11) is 0. The molecule has 1 aliphatic rings. The van der Waals surface area contributed by atoms with Gasteiger partial charge in [0.2, 0.25) is 0 Å². The first-order chi connectivity index (χ1) is 15.4. The van der Waals surface area contributed by atoms with E-state index in [-0.39, 0.29) is 11.3 Å². The van der Waals surface area contributed by atoms with Crippen LogP contribution in [-0.2, 0) is 0 Å². The van der Waals surface area contributed by atoms with Crippen molar-refractivity contribution in [1.29, 1.82) is 0 Å². The number of hydrogen-bond donors (Lipinski definition) is 2. The summed E-state index contributed by atoms with van der Waals surface area (Å²) in [6.07, 6.45) is 0.974. The highest BCUT2D eigenvalue weighted by Crippen LogP contribution is 2.33. The zero-order valence-electron chi connectivity index (χ0n) is 17.2. The van der Waals surface area contributed by atoms with Gasteiger partial charge in [-0.2, -0.15) is 0 Å². The number of halogens is 1. The van der Waals surface area contributed by atoms with Crippen molar-refractivity contribution < 1.29 is 14.8 Å². The van der Waals surface area contributed by atoms with Crippen molar-refractivity contribution in [3.8, 4) is 0 Å². The fourth-order valence-electron chi connectivity index (χ4n) is 3.92. The first kappa shape index (κ1) is 21.8.